The first-order valence-corrected chi connectivity index (χ1v) is 38.6. The van der Waals surface area contributed by atoms with Crippen molar-refractivity contribution in [3.63, 3.8) is 0 Å². The van der Waals surface area contributed by atoms with Crippen LogP contribution in [0.2, 0.25) is 0 Å². The van der Waals surface area contributed by atoms with Gasteiger partial charge in [0.2, 0.25) is 0 Å². The molecular formula is C82H128N4O16. The molecule has 1 saturated heterocycles. The fourth-order valence-electron chi connectivity index (χ4n) is 13.4. The normalized spacial score (nSPS) is 18.6. The van der Waals surface area contributed by atoms with Gasteiger partial charge in [-0.1, -0.05) is 93.2 Å². The zero-order valence-corrected chi connectivity index (χ0v) is 63.8. The van der Waals surface area contributed by atoms with Crippen LogP contribution >= 0.6 is 0 Å². The molecule has 4 unspecified atom stereocenters. The van der Waals surface area contributed by atoms with Gasteiger partial charge in [0.05, 0.1) is 49.4 Å². The number of piperazine rings is 1. The molecular weight excluding hydrogens is 1300 g/mol. The van der Waals surface area contributed by atoms with Gasteiger partial charge < -0.3 is 57.5 Å². The van der Waals surface area contributed by atoms with Crippen molar-refractivity contribution in [2.24, 2.45) is 23.7 Å². The van der Waals surface area contributed by atoms with Crippen LogP contribution in [0.3, 0.4) is 0 Å². The third kappa shape index (κ3) is 38.9. The summed E-state index contributed by atoms with van der Waals surface area (Å²) < 4.78 is 44.1. The highest BCUT2D eigenvalue weighted by Crippen LogP contribution is 2.31. The van der Waals surface area contributed by atoms with Crippen molar-refractivity contribution in [2.45, 2.75) is 222 Å². The van der Waals surface area contributed by atoms with Crippen molar-refractivity contribution in [1.29, 1.82) is 0 Å². The fraction of sp³-hybridized carbons (Fsp3) is 0.707. The largest absolute Gasteiger partial charge is 0.462 e. The number of rotatable bonds is 48. The molecule has 5 aliphatic rings. The van der Waals surface area contributed by atoms with E-state index < -0.39 is 23.9 Å². The molecule has 5 rings (SSSR count). The summed E-state index contributed by atoms with van der Waals surface area (Å²) in [6.07, 6.45) is 36.7. The molecule has 1 fully saturated rings. The minimum Gasteiger partial charge on any atom is -0.462 e. The van der Waals surface area contributed by atoms with Gasteiger partial charge in [-0.05, 0) is 223 Å². The lowest BCUT2D eigenvalue weighted by atomic mass is 9.88. The smallest absolute Gasteiger partial charge is 0.309 e. The SMILES string of the molecule is CC(C)=CCCC1=CCC(C(=O)OCCOC(=O)CCN(CCCN2CCN(CCCN(CCC(=O)OCCOC(=O)C3CC=C(CCC=C(C)C)CC3)CCC(=O)OCCOC(=O)C3CC=C(CCC=C(C)C)CC3)CC2)CCC(=O)OCCOC(=O)C2CC=C(CCC=C(C)C)CC2)CC1. The number of nitrogens with zero attached hydrogens (tertiary/aromatic N) is 4. The van der Waals surface area contributed by atoms with Crippen LogP contribution in [0.5, 0.6) is 0 Å². The van der Waals surface area contributed by atoms with Crippen molar-refractivity contribution in [2.75, 3.05) is 131 Å². The lowest BCUT2D eigenvalue weighted by Gasteiger charge is -2.35. The number of carbonyl (C=O) groups is 8. The van der Waals surface area contributed by atoms with Crippen LogP contribution in [0.4, 0.5) is 0 Å². The van der Waals surface area contributed by atoms with Gasteiger partial charge in [0, 0.05) is 52.4 Å². The molecule has 0 aromatic carbocycles. The maximum atomic E-state index is 13.1. The van der Waals surface area contributed by atoms with Gasteiger partial charge in [-0.3, -0.25) is 38.4 Å². The van der Waals surface area contributed by atoms with Crippen molar-refractivity contribution in [3.05, 3.63) is 93.2 Å². The van der Waals surface area contributed by atoms with Crippen LogP contribution in [0, 0.1) is 23.7 Å². The Balaban J connectivity index is 1.04. The monoisotopic (exact) mass is 1420 g/mol. The molecule has 1 aliphatic heterocycles. The van der Waals surface area contributed by atoms with E-state index in [4.69, 9.17) is 37.9 Å². The molecule has 4 atom stereocenters. The van der Waals surface area contributed by atoms with Crippen LogP contribution in [0.25, 0.3) is 0 Å². The minimum atomic E-state index is -0.419. The molecule has 572 valence electrons. The molecule has 0 bridgehead atoms. The van der Waals surface area contributed by atoms with Gasteiger partial charge in [0.1, 0.15) is 52.9 Å². The van der Waals surface area contributed by atoms with Crippen molar-refractivity contribution in [1.82, 2.24) is 19.6 Å². The number of hydrogen-bond donors (Lipinski definition) is 0. The zero-order valence-electron chi connectivity index (χ0n) is 63.8. The molecule has 4 aliphatic carbocycles. The van der Waals surface area contributed by atoms with E-state index in [1.807, 2.05) is 0 Å². The molecule has 20 heteroatoms. The molecule has 0 aromatic heterocycles. The van der Waals surface area contributed by atoms with Crippen LogP contribution in [-0.4, -0.2) is 199 Å². The Labute approximate surface area is 611 Å². The summed E-state index contributed by atoms with van der Waals surface area (Å²) in [4.78, 5) is 113. The minimum absolute atomic E-state index is 0.0117. The summed E-state index contributed by atoms with van der Waals surface area (Å²) in [7, 11) is 0. The summed E-state index contributed by atoms with van der Waals surface area (Å²) in [5.74, 6) is -3.52. The van der Waals surface area contributed by atoms with Gasteiger partial charge in [0.15, 0.2) is 0 Å². The Kier molecular flexibility index (Phi) is 42.9. The van der Waals surface area contributed by atoms with Crippen molar-refractivity contribution < 1.29 is 76.3 Å². The predicted molar refractivity (Wildman–Crippen MR) is 397 cm³/mol. The molecule has 102 heavy (non-hydrogen) atoms. The first kappa shape index (κ1) is 86.2. The van der Waals surface area contributed by atoms with Crippen LogP contribution in [0.15, 0.2) is 93.2 Å². The quantitative estimate of drug-likeness (QED) is 0.0239. The van der Waals surface area contributed by atoms with Crippen molar-refractivity contribution >= 4 is 47.8 Å². The molecule has 0 amide bonds. The second kappa shape index (κ2) is 50.8. The standard InChI is InChI=1S/C82H128N4O16/c1-63(2)15-9-19-67-23-31-71(32-24-67)79(91)99-59-55-95-75(87)39-47-83(48-40-76(88)96-56-60-100-80(92)72-33-25-68(26-34-72)20-10-16-64(3)4)43-13-45-85-51-53-86(54-52-85)46-14-44-84(49-41-77(89)97-57-61-101-81(93)73-35-27-69(28-36-73)21-11-17-65(5)6)50-42-78(90)98-58-62-102-82(94)74-37-29-70(30-38-74)22-12-18-66(7)8/h15-18,23,25,27,29,71-74H,9-14,19-22,24,26,28,30-62H2,1-8H3. The lowest BCUT2D eigenvalue weighted by Crippen LogP contribution is -2.47. The first-order chi connectivity index (χ1) is 49.2. The number of esters is 8. The van der Waals surface area contributed by atoms with Crippen LogP contribution in [0.1, 0.15) is 222 Å². The fourth-order valence-corrected chi connectivity index (χ4v) is 13.4. The Morgan fingerprint density at radius 1 is 0.343 bits per heavy atom. The molecule has 0 spiro atoms. The molecule has 20 nitrogen and oxygen atoms in total. The van der Waals surface area contributed by atoms with Crippen LogP contribution in [-0.2, 0) is 76.3 Å². The highest BCUT2D eigenvalue weighted by molar-refractivity contribution is 5.75. The average molecular weight is 1430 g/mol. The maximum absolute atomic E-state index is 13.1. The van der Waals surface area contributed by atoms with Gasteiger partial charge in [-0.2, -0.15) is 0 Å². The van der Waals surface area contributed by atoms with E-state index in [2.05, 4.69) is 124 Å². The Morgan fingerprint density at radius 2 is 0.569 bits per heavy atom. The highest BCUT2D eigenvalue weighted by Gasteiger charge is 2.28. The van der Waals surface area contributed by atoms with E-state index in [1.165, 1.54) is 44.6 Å². The second-order valence-corrected chi connectivity index (χ2v) is 29.2. The third-order valence-electron chi connectivity index (χ3n) is 19.7. The molecule has 0 saturated carbocycles. The summed E-state index contributed by atoms with van der Waals surface area (Å²) in [5.41, 5.74) is 10.7. The van der Waals surface area contributed by atoms with Gasteiger partial charge in [0.25, 0.3) is 0 Å². The van der Waals surface area contributed by atoms with E-state index in [9.17, 15) is 38.4 Å². The molecule has 0 aromatic rings. The average Bonchev–Trinajstić information content (AvgIpc) is 0.922. The van der Waals surface area contributed by atoms with Crippen LogP contribution < -0.4 is 0 Å². The van der Waals surface area contributed by atoms with E-state index in [1.54, 1.807) is 0 Å². The number of ether oxygens (including phenoxy) is 8. The number of carbonyl (C=O) groups excluding carboxylic acids is 8. The Hall–Kier alpha value is -6.48. The summed E-state index contributed by atoms with van der Waals surface area (Å²) in [6.45, 7) is 24.3. The molecule has 0 radical (unpaired) electrons. The lowest BCUT2D eigenvalue weighted by molar-refractivity contribution is -0.155. The summed E-state index contributed by atoms with van der Waals surface area (Å²) in [5, 5.41) is 0. The molecule has 0 N–H and O–H groups in total. The maximum Gasteiger partial charge on any atom is 0.309 e. The van der Waals surface area contributed by atoms with Crippen molar-refractivity contribution in [3.8, 4) is 0 Å². The number of hydrogen-bond acceptors (Lipinski definition) is 20. The molecule has 1 heterocycles. The Bertz CT molecular complexity index is 2500. The topological polar surface area (TPSA) is 223 Å². The van der Waals surface area contributed by atoms with Gasteiger partial charge in [-0.25, -0.2) is 0 Å². The van der Waals surface area contributed by atoms with E-state index in [-0.39, 0.29) is 126 Å². The highest BCUT2D eigenvalue weighted by atomic mass is 16.6. The van der Waals surface area contributed by atoms with E-state index in [0.717, 1.165) is 155 Å². The second-order valence-electron chi connectivity index (χ2n) is 29.2. The summed E-state index contributed by atoms with van der Waals surface area (Å²) >= 11 is 0. The van der Waals surface area contributed by atoms with Gasteiger partial charge in [-0.15, -0.1) is 0 Å². The first-order valence-electron chi connectivity index (χ1n) is 38.6. The van der Waals surface area contributed by atoms with E-state index in [0.29, 0.717) is 65.0 Å². The van der Waals surface area contributed by atoms with Gasteiger partial charge >= 0.3 is 47.8 Å². The third-order valence-corrected chi connectivity index (χ3v) is 19.7. The summed E-state index contributed by atoms with van der Waals surface area (Å²) in [6, 6.07) is 0. The predicted octanol–water partition coefficient (Wildman–Crippen LogP) is 13.8. The number of allylic oxidation sites excluding steroid dienone is 16. The Morgan fingerprint density at radius 3 is 0.775 bits per heavy atom. The van der Waals surface area contributed by atoms with E-state index >= 15 is 0 Å². The zero-order chi connectivity index (χ0) is 73.7.